The van der Waals surface area contributed by atoms with Crippen molar-refractivity contribution in [3.8, 4) is 0 Å². The topological polar surface area (TPSA) is 38.3 Å². The van der Waals surface area contributed by atoms with Gasteiger partial charge in [-0.2, -0.15) is 0 Å². The van der Waals surface area contributed by atoms with Gasteiger partial charge in [0, 0.05) is 13.5 Å². The molecule has 0 fully saturated rings. The van der Waals surface area contributed by atoms with Gasteiger partial charge < -0.3 is 10.1 Å². The molecule has 0 aromatic carbocycles. The summed E-state index contributed by atoms with van der Waals surface area (Å²) in [5.41, 5.74) is 0. The van der Waals surface area contributed by atoms with Crippen LogP contribution in [-0.4, -0.2) is 19.2 Å². The highest BCUT2D eigenvalue weighted by molar-refractivity contribution is 5.75. The van der Waals surface area contributed by atoms with Gasteiger partial charge in [0.25, 0.3) is 0 Å². The number of rotatable bonds is 5. The van der Waals surface area contributed by atoms with Crippen LogP contribution in [0.5, 0.6) is 0 Å². The Hall–Kier alpha value is -0.570. The van der Waals surface area contributed by atoms with Crippen LogP contribution < -0.4 is 5.32 Å². The molecule has 0 aromatic heterocycles. The monoisotopic (exact) mass is 159 g/mol. The first kappa shape index (κ1) is 10.4. The zero-order valence-electron chi connectivity index (χ0n) is 7.52. The van der Waals surface area contributed by atoms with Gasteiger partial charge in [-0.1, -0.05) is 13.3 Å². The summed E-state index contributed by atoms with van der Waals surface area (Å²) in [6, 6.07) is 0. The van der Waals surface area contributed by atoms with E-state index < -0.39 is 0 Å². The zero-order chi connectivity index (χ0) is 8.69. The van der Waals surface area contributed by atoms with E-state index in [-0.39, 0.29) is 12.1 Å². The van der Waals surface area contributed by atoms with Crippen molar-refractivity contribution in [1.82, 2.24) is 5.32 Å². The predicted molar refractivity (Wildman–Crippen MR) is 44.1 cm³/mol. The molecular weight excluding hydrogens is 142 g/mol. The lowest BCUT2D eigenvalue weighted by molar-refractivity contribution is -0.124. The highest BCUT2D eigenvalue weighted by Crippen LogP contribution is 1.94. The fourth-order valence-corrected chi connectivity index (χ4v) is 0.695. The Balaban J connectivity index is 3.36. The second kappa shape index (κ2) is 6.16. The summed E-state index contributed by atoms with van der Waals surface area (Å²) in [7, 11) is 1.57. The molecule has 0 aromatic rings. The maximum atomic E-state index is 11.0. The van der Waals surface area contributed by atoms with Crippen molar-refractivity contribution < 1.29 is 9.53 Å². The SMILES string of the molecule is CCCCC(=O)NC(C)OC. The molecule has 1 atom stereocenters. The lowest BCUT2D eigenvalue weighted by Gasteiger charge is -2.10. The number of hydrogen-bond donors (Lipinski definition) is 1. The Labute approximate surface area is 68.1 Å². The van der Waals surface area contributed by atoms with Crippen LogP contribution in [0.15, 0.2) is 0 Å². The van der Waals surface area contributed by atoms with Gasteiger partial charge in [-0.3, -0.25) is 4.79 Å². The number of ether oxygens (including phenoxy) is 1. The Morgan fingerprint density at radius 1 is 1.64 bits per heavy atom. The van der Waals surface area contributed by atoms with E-state index in [9.17, 15) is 4.79 Å². The number of methoxy groups -OCH3 is 1. The molecule has 1 unspecified atom stereocenters. The number of carbonyl (C=O) groups is 1. The number of hydrogen-bond acceptors (Lipinski definition) is 2. The van der Waals surface area contributed by atoms with Crippen molar-refractivity contribution in [2.75, 3.05) is 7.11 Å². The third-order valence-corrected chi connectivity index (χ3v) is 1.48. The van der Waals surface area contributed by atoms with E-state index in [0.29, 0.717) is 6.42 Å². The van der Waals surface area contributed by atoms with Gasteiger partial charge in [-0.05, 0) is 13.3 Å². The molecule has 0 saturated heterocycles. The average Bonchev–Trinajstić information content (AvgIpc) is 2.00. The summed E-state index contributed by atoms with van der Waals surface area (Å²) in [6.07, 6.45) is 2.43. The summed E-state index contributed by atoms with van der Waals surface area (Å²) in [6.45, 7) is 3.87. The highest BCUT2D eigenvalue weighted by atomic mass is 16.5. The second-order valence-electron chi connectivity index (χ2n) is 2.55. The smallest absolute Gasteiger partial charge is 0.221 e. The van der Waals surface area contributed by atoms with Crippen molar-refractivity contribution >= 4 is 5.91 Å². The van der Waals surface area contributed by atoms with Gasteiger partial charge >= 0.3 is 0 Å². The van der Waals surface area contributed by atoms with Crippen molar-refractivity contribution in [3.63, 3.8) is 0 Å². The molecule has 0 radical (unpaired) electrons. The Kier molecular flexibility index (Phi) is 5.84. The Morgan fingerprint density at radius 2 is 2.27 bits per heavy atom. The van der Waals surface area contributed by atoms with Crippen LogP contribution in [0.25, 0.3) is 0 Å². The zero-order valence-corrected chi connectivity index (χ0v) is 7.52. The molecule has 0 saturated carbocycles. The summed E-state index contributed by atoms with van der Waals surface area (Å²) >= 11 is 0. The predicted octanol–water partition coefficient (Wildman–Crippen LogP) is 1.29. The molecule has 0 rings (SSSR count). The standard InChI is InChI=1S/C8H17NO2/c1-4-5-6-8(10)9-7(2)11-3/h7H,4-6H2,1-3H3,(H,9,10). The third-order valence-electron chi connectivity index (χ3n) is 1.48. The van der Waals surface area contributed by atoms with E-state index in [1.165, 1.54) is 0 Å². The van der Waals surface area contributed by atoms with E-state index in [4.69, 9.17) is 4.74 Å². The normalized spacial score (nSPS) is 12.6. The summed E-state index contributed by atoms with van der Waals surface area (Å²) in [5, 5.41) is 2.70. The van der Waals surface area contributed by atoms with Crippen molar-refractivity contribution in [1.29, 1.82) is 0 Å². The molecule has 66 valence electrons. The molecule has 0 bridgehead atoms. The van der Waals surface area contributed by atoms with Gasteiger partial charge in [0.2, 0.25) is 5.91 Å². The minimum atomic E-state index is -0.167. The molecule has 3 nitrogen and oxygen atoms in total. The van der Waals surface area contributed by atoms with Gasteiger partial charge in [0.15, 0.2) is 0 Å². The summed E-state index contributed by atoms with van der Waals surface area (Å²) in [4.78, 5) is 11.0. The molecule has 11 heavy (non-hydrogen) atoms. The fourth-order valence-electron chi connectivity index (χ4n) is 0.695. The van der Waals surface area contributed by atoms with Crippen LogP contribution >= 0.6 is 0 Å². The minimum Gasteiger partial charge on any atom is -0.362 e. The molecule has 0 aliphatic carbocycles. The van der Waals surface area contributed by atoms with Crippen LogP contribution in [0.1, 0.15) is 33.1 Å². The summed E-state index contributed by atoms with van der Waals surface area (Å²) < 4.78 is 4.87. The molecule has 0 spiro atoms. The molecule has 0 aliphatic heterocycles. The van der Waals surface area contributed by atoms with Crippen LogP contribution in [0.4, 0.5) is 0 Å². The Morgan fingerprint density at radius 3 is 2.73 bits per heavy atom. The van der Waals surface area contributed by atoms with Crippen LogP contribution in [0.3, 0.4) is 0 Å². The molecule has 1 amide bonds. The highest BCUT2D eigenvalue weighted by Gasteiger charge is 2.03. The van der Waals surface area contributed by atoms with Crippen LogP contribution in [0.2, 0.25) is 0 Å². The average molecular weight is 159 g/mol. The van der Waals surface area contributed by atoms with Gasteiger partial charge in [-0.25, -0.2) is 0 Å². The quantitative estimate of drug-likeness (QED) is 0.614. The largest absolute Gasteiger partial charge is 0.362 e. The van der Waals surface area contributed by atoms with Crippen LogP contribution in [0, 0.1) is 0 Å². The van der Waals surface area contributed by atoms with Crippen molar-refractivity contribution in [2.45, 2.75) is 39.3 Å². The van der Waals surface area contributed by atoms with E-state index in [1.54, 1.807) is 7.11 Å². The summed E-state index contributed by atoms with van der Waals surface area (Å²) in [5.74, 6) is 0.0706. The number of carbonyl (C=O) groups excluding carboxylic acids is 1. The van der Waals surface area contributed by atoms with E-state index in [1.807, 2.05) is 6.92 Å². The van der Waals surface area contributed by atoms with E-state index >= 15 is 0 Å². The Bertz CT molecular complexity index is 115. The third kappa shape index (κ3) is 5.85. The van der Waals surface area contributed by atoms with Gasteiger partial charge in [0.05, 0.1) is 0 Å². The fraction of sp³-hybridized carbons (Fsp3) is 0.875. The second-order valence-corrected chi connectivity index (χ2v) is 2.55. The number of unbranched alkanes of at least 4 members (excludes halogenated alkanes) is 1. The maximum absolute atomic E-state index is 11.0. The number of nitrogens with one attached hydrogen (secondary N) is 1. The van der Waals surface area contributed by atoms with Crippen molar-refractivity contribution in [2.24, 2.45) is 0 Å². The number of amides is 1. The maximum Gasteiger partial charge on any atom is 0.221 e. The molecule has 1 N–H and O–H groups in total. The first-order valence-electron chi connectivity index (χ1n) is 4.02. The van der Waals surface area contributed by atoms with E-state index in [0.717, 1.165) is 12.8 Å². The van der Waals surface area contributed by atoms with Crippen molar-refractivity contribution in [3.05, 3.63) is 0 Å². The van der Waals surface area contributed by atoms with E-state index in [2.05, 4.69) is 12.2 Å². The molecule has 3 heteroatoms. The lowest BCUT2D eigenvalue weighted by atomic mass is 10.2. The van der Waals surface area contributed by atoms with Gasteiger partial charge in [0.1, 0.15) is 6.23 Å². The molecular formula is C8H17NO2. The van der Waals surface area contributed by atoms with Gasteiger partial charge in [-0.15, -0.1) is 0 Å². The first-order valence-corrected chi connectivity index (χ1v) is 4.02. The minimum absolute atomic E-state index is 0.0706. The van der Waals surface area contributed by atoms with Crippen LogP contribution in [-0.2, 0) is 9.53 Å². The lowest BCUT2D eigenvalue weighted by Crippen LogP contribution is -2.33. The molecule has 0 aliphatic rings. The molecule has 0 heterocycles. The first-order chi connectivity index (χ1) is 5.20.